The van der Waals surface area contributed by atoms with Gasteiger partial charge < -0.3 is 5.73 Å². The van der Waals surface area contributed by atoms with Crippen LogP contribution >= 0.6 is 23.1 Å². The highest BCUT2D eigenvalue weighted by atomic mass is 32.2. The zero-order valence-electron chi connectivity index (χ0n) is 8.91. The summed E-state index contributed by atoms with van der Waals surface area (Å²) in [5.74, 6) is 1.07. The summed E-state index contributed by atoms with van der Waals surface area (Å²) in [6.45, 7) is 7.10. The highest BCUT2D eigenvalue weighted by molar-refractivity contribution is 8.01. The lowest BCUT2D eigenvalue weighted by atomic mass is 9.91. The molecule has 0 fully saturated rings. The number of hydrogen-bond donors (Lipinski definition) is 1. The Labute approximate surface area is 93.5 Å². The molecular formula is C9H17N3S2. The highest BCUT2D eigenvalue weighted by Crippen LogP contribution is 2.27. The average Bonchev–Trinajstić information content (AvgIpc) is 2.51. The molecule has 0 unspecified atom stereocenters. The van der Waals surface area contributed by atoms with Gasteiger partial charge in [0.2, 0.25) is 0 Å². The molecule has 0 aliphatic heterocycles. The molecule has 80 valence electrons. The first-order valence-electron chi connectivity index (χ1n) is 4.66. The molecule has 0 bridgehead atoms. The van der Waals surface area contributed by atoms with Crippen LogP contribution in [0.25, 0.3) is 0 Å². The molecule has 1 heterocycles. The van der Waals surface area contributed by atoms with Gasteiger partial charge in [-0.05, 0) is 25.3 Å². The van der Waals surface area contributed by atoms with Crippen molar-refractivity contribution in [1.82, 2.24) is 10.2 Å². The Morgan fingerprint density at radius 2 is 2.14 bits per heavy atom. The average molecular weight is 231 g/mol. The first kappa shape index (κ1) is 11.9. The third-order valence-electron chi connectivity index (χ3n) is 2.06. The molecule has 0 aliphatic rings. The van der Waals surface area contributed by atoms with Crippen molar-refractivity contribution in [3.8, 4) is 0 Å². The predicted molar refractivity (Wildman–Crippen MR) is 62.8 cm³/mol. The van der Waals surface area contributed by atoms with Crippen LogP contribution in [0, 0.1) is 12.3 Å². The summed E-state index contributed by atoms with van der Waals surface area (Å²) in [7, 11) is 0. The molecule has 2 N–H and O–H groups in total. The topological polar surface area (TPSA) is 51.8 Å². The van der Waals surface area contributed by atoms with Gasteiger partial charge in [0.25, 0.3) is 0 Å². The zero-order chi connectivity index (χ0) is 10.6. The fourth-order valence-corrected chi connectivity index (χ4v) is 3.04. The van der Waals surface area contributed by atoms with Gasteiger partial charge in [0.1, 0.15) is 5.01 Å². The van der Waals surface area contributed by atoms with Crippen molar-refractivity contribution in [3.63, 3.8) is 0 Å². The van der Waals surface area contributed by atoms with E-state index in [4.69, 9.17) is 5.73 Å². The predicted octanol–water partition coefficient (Wildman–Crippen LogP) is 2.31. The maximum absolute atomic E-state index is 5.66. The molecule has 0 radical (unpaired) electrons. The standard InChI is InChI=1S/C9H17N3S2/c1-7-11-12-8(14-7)13-5-4-9(2,3)6-10/h4-6,10H2,1-3H3. The Kier molecular flexibility index (Phi) is 4.34. The highest BCUT2D eigenvalue weighted by Gasteiger charge is 2.15. The van der Waals surface area contributed by atoms with E-state index in [1.54, 1.807) is 23.1 Å². The zero-order valence-corrected chi connectivity index (χ0v) is 10.5. The number of thioether (sulfide) groups is 1. The van der Waals surface area contributed by atoms with E-state index >= 15 is 0 Å². The van der Waals surface area contributed by atoms with Crippen molar-refractivity contribution in [3.05, 3.63) is 5.01 Å². The summed E-state index contributed by atoms with van der Waals surface area (Å²) in [5, 5.41) is 9.07. The number of aromatic nitrogens is 2. The van der Waals surface area contributed by atoms with Crippen molar-refractivity contribution >= 4 is 23.1 Å². The van der Waals surface area contributed by atoms with Gasteiger partial charge in [-0.15, -0.1) is 10.2 Å². The second kappa shape index (κ2) is 5.09. The molecule has 0 aliphatic carbocycles. The van der Waals surface area contributed by atoms with E-state index < -0.39 is 0 Å². The van der Waals surface area contributed by atoms with Gasteiger partial charge in [0.15, 0.2) is 4.34 Å². The molecule has 0 atom stereocenters. The summed E-state index contributed by atoms with van der Waals surface area (Å²) in [6, 6.07) is 0. The van der Waals surface area contributed by atoms with E-state index in [2.05, 4.69) is 24.0 Å². The number of aryl methyl sites for hydroxylation is 1. The molecule has 0 spiro atoms. The molecule has 0 saturated heterocycles. The van der Waals surface area contributed by atoms with Gasteiger partial charge in [-0.3, -0.25) is 0 Å². The van der Waals surface area contributed by atoms with E-state index in [0.717, 1.165) is 28.1 Å². The monoisotopic (exact) mass is 231 g/mol. The SMILES string of the molecule is Cc1nnc(SCCC(C)(C)CN)s1. The van der Waals surface area contributed by atoms with Crippen molar-refractivity contribution in [2.24, 2.45) is 11.1 Å². The molecule has 14 heavy (non-hydrogen) atoms. The summed E-state index contributed by atoms with van der Waals surface area (Å²) in [6.07, 6.45) is 1.12. The molecular weight excluding hydrogens is 214 g/mol. The molecule has 3 nitrogen and oxygen atoms in total. The van der Waals surface area contributed by atoms with Crippen LogP contribution in [0.1, 0.15) is 25.3 Å². The first-order valence-corrected chi connectivity index (χ1v) is 6.47. The third kappa shape index (κ3) is 3.94. The fraction of sp³-hybridized carbons (Fsp3) is 0.778. The van der Waals surface area contributed by atoms with Crippen LogP contribution in [0.2, 0.25) is 0 Å². The van der Waals surface area contributed by atoms with E-state index in [1.807, 2.05) is 6.92 Å². The maximum Gasteiger partial charge on any atom is 0.174 e. The number of nitrogens with zero attached hydrogens (tertiary/aromatic N) is 2. The minimum Gasteiger partial charge on any atom is -0.330 e. The fourth-order valence-electron chi connectivity index (χ4n) is 0.853. The lowest BCUT2D eigenvalue weighted by Crippen LogP contribution is -2.23. The lowest BCUT2D eigenvalue weighted by molar-refractivity contribution is 0.368. The van der Waals surface area contributed by atoms with Crippen LogP contribution in [-0.2, 0) is 0 Å². The summed E-state index contributed by atoms with van der Waals surface area (Å²) >= 11 is 3.43. The van der Waals surface area contributed by atoms with Crippen molar-refractivity contribution < 1.29 is 0 Å². The summed E-state index contributed by atoms with van der Waals surface area (Å²) in [4.78, 5) is 0. The number of rotatable bonds is 5. The molecule has 5 heteroatoms. The largest absolute Gasteiger partial charge is 0.330 e. The van der Waals surface area contributed by atoms with Crippen LogP contribution in [0.3, 0.4) is 0 Å². The van der Waals surface area contributed by atoms with Gasteiger partial charge >= 0.3 is 0 Å². The Morgan fingerprint density at radius 1 is 1.43 bits per heavy atom. The molecule has 1 aromatic heterocycles. The second-order valence-electron chi connectivity index (χ2n) is 4.05. The molecule has 0 saturated carbocycles. The van der Waals surface area contributed by atoms with Crippen LogP contribution in [0.5, 0.6) is 0 Å². The smallest absolute Gasteiger partial charge is 0.174 e. The van der Waals surface area contributed by atoms with Crippen molar-refractivity contribution in [2.45, 2.75) is 31.5 Å². The Balaban J connectivity index is 2.28. The Hall–Kier alpha value is -0.130. The third-order valence-corrected chi connectivity index (χ3v) is 4.04. The van der Waals surface area contributed by atoms with Gasteiger partial charge in [-0.1, -0.05) is 36.9 Å². The van der Waals surface area contributed by atoms with Crippen molar-refractivity contribution in [1.29, 1.82) is 0 Å². The molecule has 0 amide bonds. The molecule has 1 aromatic rings. The van der Waals surface area contributed by atoms with Crippen LogP contribution < -0.4 is 5.73 Å². The number of nitrogens with two attached hydrogens (primary N) is 1. The lowest BCUT2D eigenvalue weighted by Gasteiger charge is -2.21. The Bertz CT molecular complexity index is 283. The van der Waals surface area contributed by atoms with Crippen molar-refractivity contribution in [2.75, 3.05) is 12.3 Å². The summed E-state index contributed by atoms with van der Waals surface area (Å²) in [5.41, 5.74) is 5.90. The van der Waals surface area contributed by atoms with E-state index in [0.29, 0.717) is 0 Å². The van der Waals surface area contributed by atoms with Crippen LogP contribution in [0.15, 0.2) is 4.34 Å². The minimum atomic E-state index is 0.243. The van der Waals surface area contributed by atoms with Crippen LogP contribution in [-0.4, -0.2) is 22.5 Å². The molecule has 1 rings (SSSR count). The van der Waals surface area contributed by atoms with E-state index in [9.17, 15) is 0 Å². The summed E-state index contributed by atoms with van der Waals surface area (Å²) < 4.78 is 1.07. The maximum atomic E-state index is 5.66. The van der Waals surface area contributed by atoms with Gasteiger partial charge in [0.05, 0.1) is 0 Å². The first-order chi connectivity index (χ1) is 6.53. The Morgan fingerprint density at radius 3 is 2.64 bits per heavy atom. The van der Waals surface area contributed by atoms with E-state index in [-0.39, 0.29) is 5.41 Å². The van der Waals surface area contributed by atoms with Gasteiger partial charge in [-0.25, -0.2) is 0 Å². The van der Waals surface area contributed by atoms with Gasteiger partial charge in [-0.2, -0.15) is 0 Å². The normalized spacial score (nSPS) is 12.0. The van der Waals surface area contributed by atoms with Crippen LogP contribution in [0.4, 0.5) is 0 Å². The number of hydrogen-bond acceptors (Lipinski definition) is 5. The second-order valence-corrected chi connectivity index (χ2v) is 6.58. The molecule has 0 aromatic carbocycles. The quantitative estimate of drug-likeness (QED) is 0.790. The van der Waals surface area contributed by atoms with Gasteiger partial charge in [0, 0.05) is 5.75 Å². The van der Waals surface area contributed by atoms with E-state index in [1.165, 1.54) is 0 Å². The minimum absolute atomic E-state index is 0.243.